The molecule has 10 heterocycles. The smallest absolute Gasteiger partial charge is 0.267 e. The monoisotopic (exact) mass is 1760 g/mol. The first kappa shape index (κ1) is 89.0. The van der Waals surface area contributed by atoms with E-state index in [0.717, 1.165) is 122 Å². The number of anilines is 2. The van der Waals surface area contributed by atoms with Crippen LogP contribution in [0.5, 0.6) is 5.75 Å². The molecular weight excluding hydrogens is 1650 g/mol. The summed E-state index contributed by atoms with van der Waals surface area (Å²) in [5, 5.41) is 27.4. The van der Waals surface area contributed by atoms with E-state index in [0.29, 0.717) is 24.0 Å². The van der Waals surface area contributed by atoms with Crippen molar-refractivity contribution in [1.82, 2.24) is 29.4 Å². The number of hydrogen-bond acceptors (Lipinski definition) is 21. The third-order valence-corrected chi connectivity index (χ3v) is 29.2. The summed E-state index contributed by atoms with van der Waals surface area (Å²) in [6.07, 6.45) is 11.7. The van der Waals surface area contributed by atoms with Crippen molar-refractivity contribution in [3.05, 3.63) is 308 Å². The highest BCUT2D eigenvalue weighted by Gasteiger charge is 2.62. The van der Waals surface area contributed by atoms with Gasteiger partial charge in [0.2, 0.25) is 17.4 Å². The first-order chi connectivity index (χ1) is 61.7. The molecule has 6 atom stereocenters. The zero-order valence-electron chi connectivity index (χ0n) is 73.5. The number of amides is 4. The SMILES string of the molecule is CN1C(=O)C(CCCc2ccccc2)(n2cccn2)[C@@](C)(c2cc(-c3cccc(C#N)c3)cs2)N=C1N.CN1C(=O)C[C@@](C)(c2cccc(-c3cccc(N4CCCCC4)c3)c2)N=C1N.COc1cccc(-c2ccc(C3(c4ccccc4)N=C(N)N(C)C3=O)s2)c1.Cc1cccc(N2CCC([C@H]3C(=O)N(C)C(N)=N[C@]3(C)c3cc(-c4cccc(C#N)c4)cs3)CC2)c1. The van der Waals surface area contributed by atoms with Crippen LogP contribution < -0.4 is 37.5 Å². The summed E-state index contributed by atoms with van der Waals surface area (Å²) in [6, 6.07) is 82.9. The molecule has 0 bridgehead atoms. The number of carbonyl (C=O) groups is 4. The zero-order valence-corrected chi connectivity index (χ0v) is 76.0. The number of guanidine groups is 4. The highest BCUT2D eigenvalue weighted by atomic mass is 32.1. The predicted molar refractivity (Wildman–Crippen MR) is 514 cm³/mol. The van der Waals surface area contributed by atoms with Crippen LogP contribution in [-0.4, -0.2) is 138 Å². The lowest BCUT2D eigenvalue weighted by atomic mass is 9.70. The predicted octanol–water partition coefficient (Wildman–Crippen LogP) is 17.2. The van der Waals surface area contributed by atoms with Gasteiger partial charge in [0.15, 0.2) is 29.4 Å². The third kappa shape index (κ3) is 17.8. The van der Waals surface area contributed by atoms with Crippen LogP contribution in [0.2, 0.25) is 0 Å². The van der Waals surface area contributed by atoms with Crippen molar-refractivity contribution in [1.29, 1.82) is 10.5 Å². The molecule has 8 N–H and O–H groups in total. The fraction of sp³-hybridized carbons (Fsp3) is 0.284. The Morgan fingerprint density at radius 3 is 1.68 bits per heavy atom. The highest BCUT2D eigenvalue weighted by molar-refractivity contribution is 7.15. The van der Waals surface area contributed by atoms with Gasteiger partial charge in [-0.15, -0.1) is 34.0 Å². The van der Waals surface area contributed by atoms with Gasteiger partial charge >= 0.3 is 0 Å². The summed E-state index contributed by atoms with van der Waals surface area (Å²) in [6.45, 7) is 12.2. The maximum Gasteiger partial charge on any atom is 0.267 e. The lowest BCUT2D eigenvalue weighted by Gasteiger charge is -2.49. The van der Waals surface area contributed by atoms with E-state index in [9.17, 15) is 29.7 Å². The minimum absolute atomic E-state index is 0.00695. The van der Waals surface area contributed by atoms with Crippen molar-refractivity contribution in [2.24, 2.45) is 54.7 Å². The molecule has 0 radical (unpaired) electrons. The molecule has 652 valence electrons. The van der Waals surface area contributed by atoms with Crippen molar-refractivity contribution in [2.45, 2.75) is 113 Å². The largest absolute Gasteiger partial charge is 0.497 e. The summed E-state index contributed by atoms with van der Waals surface area (Å²) in [4.78, 5) is 87.1. The van der Waals surface area contributed by atoms with E-state index in [1.165, 1.54) is 78.3 Å². The van der Waals surface area contributed by atoms with Crippen LogP contribution in [0.25, 0.3) is 43.8 Å². The Labute approximate surface area is 760 Å². The minimum atomic E-state index is -1.14. The van der Waals surface area contributed by atoms with Gasteiger partial charge in [-0.25, -0.2) is 20.0 Å². The van der Waals surface area contributed by atoms with Gasteiger partial charge in [0.1, 0.15) is 16.8 Å². The molecule has 23 nitrogen and oxygen atoms in total. The second-order valence-corrected chi connectivity index (χ2v) is 36.8. The first-order valence-corrected chi connectivity index (χ1v) is 45.6. The molecule has 0 spiro atoms. The van der Waals surface area contributed by atoms with E-state index in [1.54, 1.807) is 81.0 Å². The standard InChI is InChI=1S/C29H28N6OS.C29H31N5OS.C23H28N4O.C21H19N3O2S/c1-28(25-18-24(20-37-25)23-13-6-11-22(17-23)19-30)29(35-16-8-15-32-35,26(36)34(2)27(31)33-28)14-7-12-21-9-4-3-5-10-21;1-19-6-4-9-24(14-19)34-12-10-21(11-13-34)26-27(35)33(3)28(31)32-29(26,2)25-16-23(18-36-25)22-8-5-7-20(15-22)17-30;1-23(16-21(28)26(2)22(24)25-23)19-10-6-8-17(14-19)18-9-7-11-20(15-18)27-12-4-3-5-13-27;1-24-19(25)21(23-20(24)22,15-8-4-3-5-9-15)18-12-11-17(27-18)14-7-6-10-16(13-14)26-2/h3-6,8-11,13,15-18,20H,7,12,14H2,1-2H3,(H2,31,33);4-9,14-16,18,21,26H,10-13H2,1-3H3,(H2,31,32);6-11,14-15H,3-5,12-13,16H2,1-2H3,(H2,24,25);3-13H,1-2H3,(H2,22,23)/t28-,29?;26-,29+;23-;/m100./s1. The van der Waals surface area contributed by atoms with E-state index in [1.807, 2.05) is 165 Å². The second-order valence-electron chi connectivity index (χ2n) is 33.9. The number of aliphatic imine (C=N–C) groups is 4. The van der Waals surface area contributed by atoms with Gasteiger partial charge in [0, 0.05) is 97.6 Å². The van der Waals surface area contributed by atoms with E-state index in [2.05, 4.69) is 141 Å². The number of carbonyl (C=O) groups excluding carboxylic acids is 4. The molecule has 0 saturated carbocycles. The summed E-state index contributed by atoms with van der Waals surface area (Å²) in [5.41, 5.74) is 35.3. The number of likely N-dealkylation sites (N-methyl/N-ethyl adjacent to an activating group) is 2. The Morgan fingerprint density at radius 2 is 1.05 bits per heavy atom. The first-order valence-electron chi connectivity index (χ1n) is 43.0. The number of methoxy groups -OCH3 is 1. The number of benzene rings is 8. The molecule has 8 aromatic carbocycles. The Kier molecular flexibility index (Phi) is 26.3. The lowest BCUT2D eigenvalue weighted by molar-refractivity contribution is -0.143. The normalized spacial score (nSPS) is 21.7. The number of thiophene rings is 3. The van der Waals surface area contributed by atoms with Gasteiger partial charge in [-0.1, -0.05) is 140 Å². The molecule has 0 aliphatic carbocycles. The van der Waals surface area contributed by atoms with E-state index >= 15 is 0 Å². The van der Waals surface area contributed by atoms with Crippen LogP contribution in [0.1, 0.15) is 120 Å². The van der Waals surface area contributed by atoms with Gasteiger partial charge in [-0.3, -0.25) is 43.5 Å². The highest BCUT2D eigenvalue weighted by Crippen LogP contribution is 2.53. The lowest BCUT2D eigenvalue weighted by Crippen LogP contribution is -2.66. The van der Waals surface area contributed by atoms with Crippen molar-refractivity contribution in [3.8, 4) is 61.7 Å². The molecule has 128 heavy (non-hydrogen) atoms. The zero-order chi connectivity index (χ0) is 90.2. The number of aryl methyl sites for hydroxylation is 2. The number of piperidine rings is 2. The van der Waals surface area contributed by atoms with Crippen molar-refractivity contribution >= 4 is 92.9 Å². The van der Waals surface area contributed by atoms with Crippen molar-refractivity contribution < 1.29 is 23.9 Å². The Balaban J connectivity index is 0.000000132. The number of nitrogens with zero attached hydrogens (tertiary/aromatic N) is 14. The fourth-order valence-electron chi connectivity index (χ4n) is 18.3. The average Bonchev–Trinajstić information content (AvgIpc) is 1.32. The number of nitrogens with two attached hydrogens (primary N) is 4. The number of ether oxygens (including phenoxy) is 1. The van der Waals surface area contributed by atoms with E-state index in [-0.39, 0.29) is 59.3 Å². The molecule has 2 fully saturated rings. The van der Waals surface area contributed by atoms with Crippen molar-refractivity contribution in [3.63, 3.8) is 0 Å². The quantitative estimate of drug-likeness (QED) is 0.0621. The number of rotatable bonds is 18. The molecular formula is C102H106N18O5S3. The Hall–Kier alpha value is -13.8. The minimum Gasteiger partial charge on any atom is -0.497 e. The fourth-order valence-corrected chi connectivity index (χ4v) is 21.6. The number of hydrogen-bond donors (Lipinski definition) is 4. The molecule has 4 aromatic heterocycles. The van der Waals surface area contributed by atoms with Crippen LogP contribution in [0.15, 0.2) is 280 Å². The molecule has 2 saturated heterocycles. The van der Waals surface area contributed by atoms with Gasteiger partial charge in [0.25, 0.3) is 11.8 Å². The van der Waals surface area contributed by atoms with Gasteiger partial charge in [-0.2, -0.15) is 15.6 Å². The van der Waals surface area contributed by atoms with E-state index in [4.69, 9.17) is 37.7 Å². The molecule has 12 aromatic rings. The van der Waals surface area contributed by atoms with Crippen molar-refractivity contribution in [2.75, 3.05) is 71.3 Å². The summed E-state index contributed by atoms with van der Waals surface area (Å²) >= 11 is 4.69. The van der Waals surface area contributed by atoms with Crippen LogP contribution >= 0.6 is 34.0 Å². The number of nitriles is 2. The molecule has 4 amide bonds. The average molecular weight is 1760 g/mol. The van der Waals surface area contributed by atoms with Gasteiger partial charge < -0.3 is 37.5 Å². The maximum absolute atomic E-state index is 14.2. The topological polar surface area (TPSA) is 316 Å². The summed E-state index contributed by atoms with van der Waals surface area (Å²) in [5.74, 6) is 1.40. The molecule has 6 aliphatic rings. The Morgan fingerprint density at radius 1 is 0.500 bits per heavy atom. The summed E-state index contributed by atoms with van der Waals surface area (Å²) < 4.78 is 7.09. The maximum atomic E-state index is 14.2. The molecule has 26 heteroatoms. The number of aromatic nitrogens is 2. The Bertz CT molecular complexity index is 6290. The second kappa shape index (κ2) is 37.8. The van der Waals surface area contributed by atoms with Crippen LogP contribution in [0, 0.1) is 41.4 Å². The molecule has 18 rings (SSSR count). The van der Waals surface area contributed by atoms with Gasteiger partial charge in [0.05, 0.1) is 48.3 Å². The third-order valence-electron chi connectivity index (χ3n) is 25.7. The van der Waals surface area contributed by atoms with Crippen LogP contribution in [-0.2, 0) is 53.3 Å². The van der Waals surface area contributed by atoms with Crippen LogP contribution in [0.3, 0.4) is 0 Å². The molecule has 2 unspecified atom stereocenters. The molecule has 6 aliphatic heterocycles. The van der Waals surface area contributed by atoms with E-state index < -0.39 is 27.7 Å². The van der Waals surface area contributed by atoms with Gasteiger partial charge in [-0.05, 0) is 254 Å². The summed E-state index contributed by atoms with van der Waals surface area (Å²) in [7, 11) is 8.37. The van der Waals surface area contributed by atoms with Crippen LogP contribution in [0.4, 0.5) is 11.4 Å².